The van der Waals surface area contributed by atoms with Crippen LogP contribution in [0.4, 0.5) is 0 Å². The molecule has 0 aliphatic rings. The van der Waals surface area contributed by atoms with E-state index in [-0.39, 0.29) is 0 Å². The Labute approximate surface area is 76.7 Å². The van der Waals surface area contributed by atoms with E-state index in [9.17, 15) is 0 Å². The standard InChI is InChI=1S/C10H24N2/c1-2-3-4-5-7-10(12)8-6-9-11/h10H,2-9,11-12H2,1H3. The molecule has 0 amide bonds. The van der Waals surface area contributed by atoms with Crippen LogP contribution in [0.3, 0.4) is 0 Å². The van der Waals surface area contributed by atoms with Crippen molar-refractivity contribution in [2.24, 2.45) is 11.5 Å². The van der Waals surface area contributed by atoms with Crippen molar-refractivity contribution < 1.29 is 0 Å². The predicted octanol–water partition coefficient (Wildman–Crippen LogP) is 2.02. The largest absolute Gasteiger partial charge is 0.330 e. The summed E-state index contributed by atoms with van der Waals surface area (Å²) in [5, 5.41) is 0. The van der Waals surface area contributed by atoms with Crippen LogP contribution in [0.5, 0.6) is 0 Å². The lowest BCUT2D eigenvalue weighted by atomic mass is 10.0. The maximum atomic E-state index is 5.89. The summed E-state index contributed by atoms with van der Waals surface area (Å²) in [6, 6.07) is 0.394. The zero-order valence-corrected chi connectivity index (χ0v) is 8.39. The number of rotatable bonds is 8. The maximum absolute atomic E-state index is 5.89. The molecule has 0 spiro atoms. The van der Waals surface area contributed by atoms with Crippen LogP contribution < -0.4 is 11.5 Å². The summed E-state index contributed by atoms with van der Waals surface area (Å²) in [7, 11) is 0. The van der Waals surface area contributed by atoms with Gasteiger partial charge in [-0.2, -0.15) is 0 Å². The first-order valence-electron chi connectivity index (χ1n) is 5.27. The van der Waals surface area contributed by atoms with E-state index in [4.69, 9.17) is 11.5 Å². The first kappa shape index (κ1) is 11.9. The lowest BCUT2D eigenvalue weighted by molar-refractivity contribution is 0.510. The van der Waals surface area contributed by atoms with Crippen LogP contribution in [0.2, 0.25) is 0 Å². The van der Waals surface area contributed by atoms with E-state index >= 15 is 0 Å². The Morgan fingerprint density at radius 2 is 1.67 bits per heavy atom. The lowest BCUT2D eigenvalue weighted by Crippen LogP contribution is -2.20. The second-order valence-corrected chi connectivity index (χ2v) is 3.54. The fraction of sp³-hybridized carbons (Fsp3) is 1.00. The topological polar surface area (TPSA) is 52.0 Å². The summed E-state index contributed by atoms with van der Waals surface area (Å²) in [6.45, 7) is 3.01. The normalized spacial score (nSPS) is 13.2. The van der Waals surface area contributed by atoms with E-state index in [0.717, 1.165) is 19.4 Å². The lowest BCUT2D eigenvalue weighted by Gasteiger charge is -2.09. The molecule has 2 heteroatoms. The van der Waals surface area contributed by atoms with Crippen molar-refractivity contribution in [2.75, 3.05) is 6.54 Å². The highest BCUT2D eigenvalue weighted by molar-refractivity contribution is 4.61. The minimum absolute atomic E-state index is 0.394. The van der Waals surface area contributed by atoms with Crippen LogP contribution in [-0.4, -0.2) is 12.6 Å². The van der Waals surface area contributed by atoms with Crippen molar-refractivity contribution in [3.63, 3.8) is 0 Å². The van der Waals surface area contributed by atoms with Crippen LogP contribution in [0.25, 0.3) is 0 Å². The highest BCUT2D eigenvalue weighted by Gasteiger charge is 2.00. The minimum Gasteiger partial charge on any atom is -0.330 e. The molecule has 0 heterocycles. The van der Waals surface area contributed by atoms with Crippen LogP contribution >= 0.6 is 0 Å². The molecular formula is C10H24N2. The van der Waals surface area contributed by atoms with Gasteiger partial charge in [-0.05, 0) is 25.8 Å². The molecule has 0 aliphatic carbocycles. The van der Waals surface area contributed by atoms with Crippen LogP contribution in [0, 0.1) is 0 Å². The predicted molar refractivity (Wildman–Crippen MR) is 55.0 cm³/mol. The molecule has 12 heavy (non-hydrogen) atoms. The van der Waals surface area contributed by atoms with Gasteiger partial charge in [-0.1, -0.05) is 32.6 Å². The number of unbranched alkanes of at least 4 members (excludes halogenated alkanes) is 3. The molecule has 1 atom stereocenters. The molecule has 0 saturated carbocycles. The van der Waals surface area contributed by atoms with E-state index in [1.807, 2.05) is 0 Å². The van der Waals surface area contributed by atoms with Gasteiger partial charge in [-0.15, -0.1) is 0 Å². The fourth-order valence-corrected chi connectivity index (χ4v) is 1.36. The monoisotopic (exact) mass is 172 g/mol. The van der Waals surface area contributed by atoms with E-state index in [0.29, 0.717) is 6.04 Å². The molecule has 0 aromatic heterocycles. The summed E-state index contributed by atoms with van der Waals surface area (Å²) in [5.74, 6) is 0. The maximum Gasteiger partial charge on any atom is 0.00392 e. The number of nitrogens with two attached hydrogens (primary N) is 2. The molecule has 0 bridgehead atoms. The molecule has 0 aromatic rings. The first-order chi connectivity index (χ1) is 5.81. The Hall–Kier alpha value is -0.0800. The summed E-state index contributed by atoms with van der Waals surface area (Å²) < 4.78 is 0. The van der Waals surface area contributed by atoms with Gasteiger partial charge in [0, 0.05) is 6.04 Å². The van der Waals surface area contributed by atoms with Gasteiger partial charge in [-0.25, -0.2) is 0 Å². The van der Waals surface area contributed by atoms with E-state index in [2.05, 4.69) is 6.92 Å². The van der Waals surface area contributed by atoms with Crippen molar-refractivity contribution in [1.29, 1.82) is 0 Å². The zero-order valence-electron chi connectivity index (χ0n) is 8.39. The highest BCUT2D eigenvalue weighted by Crippen LogP contribution is 2.07. The van der Waals surface area contributed by atoms with Gasteiger partial charge < -0.3 is 11.5 Å². The molecule has 0 radical (unpaired) electrons. The Morgan fingerprint density at radius 3 is 2.25 bits per heavy atom. The van der Waals surface area contributed by atoms with Crippen molar-refractivity contribution in [1.82, 2.24) is 0 Å². The van der Waals surface area contributed by atoms with Gasteiger partial charge in [-0.3, -0.25) is 0 Å². The summed E-state index contributed by atoms with van der Waals surface area (Å²) in [4.78, 5) is 0. The summed E-state index contributed by atoms with van der Waals surface area (Å²) in [5.41, 5.74) is 11.3. The molecule has 0 rings (SSSR count). The molecule has 0 fully saturated rings. The average molecular weight is 172 g/mol. The summed E-state index contributed by atoms with van der Waals surface area (Å²) in [6.07, 6.45) is 8.64. The van der Waals surface area contributed by atoms with Gasteiger partial charge in [0.05, 0.1) is 0 Å². The van der Waals surface area contributed by atoms with Gasteiger partial charge in [0.15, 0.2) is 0 Å². The summed E-state index contributed by atoms with van der Waals surface area (Å²) >= 11 is 0. The molecule has 4 N–H and O–H groups in total. The zero-order chi connectivity index (χ0) is 9.23. The second-order valence-electron chi connectivity index (χ2n) is 3.54. The molecular weight excluding hydrogens is 148 g/mol. The fourth-order valence-electron chi connectivity index (χ4n) is 1.36. The molecule has 1 unspecified atom stereocenters. The molecule has 2 nitrogen and oxygen atoms in total. The van der Waals surface area contributed by atoms with E-state index < -0.39 is 0 Å². The Morgan fingerprint density at radius 1 is 1.00 bits per heavy atom. The first-order valence-corrected chi connectivity index (χ1v) is 5.27. The molecule has 74 valence electrons. The third kappa shape index (κ3) is 8.02. The highest BCUT2D eigenvalue weighted by atomic mass is 14.6. The molecule has 0 aromatic carbocycles. The molecule has 0 saturated heterocycles. The third-order valence-corrected chi connectivity index (χ3v) is 2.21. The third-order valence-electron chi connectivity index (χ3n) is 2.21. The van der Waals surface area contributed by atoms with Crippen LogP contribution in [0.15, 0.2) is 0 Å². The van der Waals surface area contributed by atoms with Gasteiger partial charge in [0.1, 0.15) is 0 Å². The number of hydrogen-bond acceptors (Lipinski definition) is 2. The van der Waals surface area contributed by atoms with Crippen molar-refractivity contribution in [3.05, 3.63) is 0 Å². The minimum atomic E-state index is 0.394. The SMILES string of the molecule is CCCCCCC(N)CCCN. The number of hydrogen-bond donors (Lipinski definition) is 2. The quantitative estimate of drug-likeness (QED) is 0.550. The molecule has 0 aliphatic heterocycles. The van der Waals surface area contributed by atoms with Gasteiger partial charge >= 0.3 is 0 Å². The van der Waals surface area contributed by atoms with E-state index in [1.54, 1.807) is 0 Å². The van der Waals surface area contributed by atoms with Gasteiger partial charge in [0.2, 0.25) is 0 Å². The van der Waals surface area contributed by atoms with Gasteiger partial charge in [0.25, 0.3) is 0 Å². The Balaban J connectivity index is 3.02. The smallest absolute Gasteiger partial charge is 0.00392 e. The van der Waals surface area contributed by atoms with Crippen molar-refractivity contribution in [3.8, 4) is 0 Å². The van der Waals surface area contributed by atoms with Crippen LogP contribution in [0.1, 0.15) is 51.9 Å². The Bertz CT molecular complexity index is 83.9. The van der Waals surface area contributed by atoms with Crippen LogP contribution in [-0.2, 0) is 0 Å². The Kier molecular flexibility index (Phi) is 8.95. The second kappa shape index (κ2) is 9.01. The average Bonchev–Trinajstić information content (AvgIpc) is 2.09. The van der Waals surface area contributed by atoms with Crippen molar-refractivity contribution in [2.45, 2.75) is 57.9 Å². The van der Waals surface area contributed by atoms with Crippen molar-refractivity contribution >= 4 is 0 Å². The van der Waals surface area contributed by atoms with E-state index in [1.165, 1.54) is 32.1 Å².